The summed E-state index contributed by atoms with van der Waals surface area (Å²) in [5, 5.41) is 13.2. The van der Waals surface area contributed by atoms with Gasteiger partial charge < -0.3 is 10.4 Å². The Kier molecular flexibility index (Phi) is 7.35. The lowest BCUT2D eigenvalue weighted by molar-refractivity contribution is -0.119. The number of amides is 1. The van der Waals surface area contributed by atoms with E-state index in [1.165, 1.54) is 11.1 Å². The van der Waals surface area contributed by atoms with Crippen LogP contribution in [0.25, 0.3) is 0 Å². The third kappa shape index (κ3) is 7.20. The Morgan fingerprint density at radius 1 is 1.04 bits per heavy atom. The fourth-order valence-electron chi connectivity index (χ4n) is 2.32. The average Bonchev–Trinajstić information content (AvgIpc) is 2.60. The molecule has 0 radical (unpaired) electrons. The van der Waals surface area contributed by atoms with Crippen LogP contribution in [-0.4, -0.2) is 28.9 Å². The Morgan fingerprint density at radius 3 is 2.25 bits per heavy atom. The molecular formula is C20H25NO2S. The van der Waals surface area contributed by atoms with Gasteiger partial charge in [-0.3, -0.25) is 4.79 Å². The Hall–Kier alpha value is -1.78. The number of carbonyl (C=O) groups is 1. The first-order chi connectivity index (χ1) is 11.6. The standard InChI is InChI=1S/C20H25NO2S/c1-20(23,13-12-17-8-4-2-5-9-17)16-21-19(22)15-24-14-18-10-6-3-7-11-18/h2-11,23H,12-16H2,1H3,(H,21,22). The number of benzene rings is 2. The molecule has 1 unspecified atom stereocenters. The Labute approximate surface area is 148 Å². The van der Waals surface area contributed by atoms with Gasteiger partial charge in [-0.05, 0) is 30.9 Å². The second-order valence-corrected chi connectivity index (χ2v) is 7.22. The highest BCUT2D eigenvalue weighted by Gasteiger charge is 2.20. The molecule has 2 rings (SSSR count). The molecule has 0 aromatic heterocycles. The van der Waals surface area contributed by atoms with Gasteiger partial charge in [0.1, 0.15) is 0 Å². The molecule has 2 N–H and O–H groups in total. The van der Waals surface area contributed by atoms with Crippen molar-refractivity contribution in [1.29, 1.82) is 0 Å². The van der Waals surface area contributed by atoms with E-state index >= 15 is 0 Å². The van der Waals surface area contributed by atoms with Gasteiger partial charge in [0.25, 0.3) is 0 Å². The second-order valence-electron chi connectivity index (χ2n) is 6.24. The van der Waals surface area contributed by atoms with E-state index in [1.54, 1.807) is 18.7 Å². The molecule has 0 aliphatic carbocycles. The number of thioether (sulfide) groups is 1. The van der Waals surface area contributed by atoms with Crippen LogP contribution in [-0.2, 0) is 17.0 Å². The van der Waals surface area contributed by atoms with E-state index in [2.05, 4.69) is 29.6 Å². The monoisotopic (exact) mass is 343 g/mol. The summed E-state index contributed by atoms with van der Waals surface area (Å²) in [6.07, 6.45) is 1.42. The molecule has 3 nitrogen and oxygen atoms in total. The van der Waals surface area contributed by atoms with Crippen molar-refractivity contribution in [2.45, 2.75) is 31.1 Å². The van der Waals surface area contributed by atoms with Gasteiger partial charge >= 0.3 is 0 Å². The summed E-state index contributed by atoms with van der Waals surface area (Å²) in [5.41, 5.74) is 1.52. The van der Waals surface area contributed by atoms with E-state index in [9.17, 15) is 9.90 Å². The van der Waals surface area contributed by atoms with Gasteiger partial charge in [0.15, 0.2) is 0 Å². The third-order valence-corrected chi connectivity index (χ3v) is 4.81. The summed E-state index contributed by atoms with van der Waals surface area (Å²) in [4.78, 5) is 11.9. The molecule has 1 atom stereocenters. The smallest absolute Gasteiger partial charge is 0.230 e. The number of aliphatic hydroxyl groups is 1. The van der Waals surface area contributed by atoms with Crippen molar-refractivity contribution in [3.8, 4) is 0 Å². The lowest BCUT2D eigenvalue weighted by Gasteiger charge is -2.23. The molecule has 0 spiro atoms. The van der Waals surface area contributed by atoms with Crippen molar-refractivity contribution >= 4 is 17.7 Å². The topological polar surface area (TPSA) is 49.3 Å². The summed E-state index contributed by atoms with van der Waals surface area (Å²) >= 11 is 1.58. The summed E-state index contributed by atoms with van der Waals surface area (Å²) in [5.74, 6) is 1.19. The highest BCUT2D eigenvalue weighted by atomic mass is 32.2. The lowest BCUT2D eigenvalue weighted by Crippen LogP contribution is -2.41. The number of carbonyl (C=O) groups excluding carboxylic acids is 1. The first kappa shape index (κ1) is 18.6. The van der Waals surface area contributed by atoms with E-state index < -0.39 is 5.60 Å². The van der Waals surface area contributed by atoms with Gasteiger partial charge in [0, 0.05) is 12.3 Å². The fourth-order valence-corrected chi connectivity index (χ4v) is 3.14. The fraction of sp³-hybridized carbons (Fsp3) is 0.350. The number of hydrogen-bond donors (Lipinski definition) is 2. The zero-order valence-electron chi connectivity index (χ0n) is 14.1. The zero-order valence-corrected chi connectivity index (χ0v) is 14.9. The van der Waals surface area contributed by atoms with Crippen molar-refractivity contribution < 1.29 is 9.90 Å². The summed E-state index contributed by atoms with van der Waals surface area (Å²) in [6.45, 7) is 2.05. The number of aryl methyl sites for hydroxylation is 1. The zero-order chi connectivity index (χ0) is 17.3. The predicted molar refractivity (Wildman–Crippen MR) is 101 cm³/mol. The minimum Gasteiger partial charge on any atom is -0.388 e. The average molecular weight is 343 g/mol. The van der Waals surface area contributed by atoms with Crippen LogP contribution in [0, 0.1) is 0 Å². The third-order valence-electron chi connectivity index (χ3n) is 3.81. The van der Waals surface area contributed by atoms with Gasteiger partial charge in [0.2, 0.25) is 5.91 Å². The minimum absolute atomic E-state index is 0.0316. The Bertz CT molecular complexity index is 614. The van der Waals surface area contributed by atoms with Gasteiger partial charge in [-0.1, -0.05) is 60.7 Å². The molecule has 0 heterocycles. The first-order valence-electron chi connectivity index (χ1n) is 8.20. The summed E-state index contributed by atoms with van der Waals surface area (Å²) in [7, 11) is 0. The summed E-state index contributed by atoms with van der Waals surface area (Å²) < 4.78 is 0. The van der Waals surface area contributed by atoms with Crippen LogP contribution in [0.2, 0.25) is 0 Å². The Balaban J connectivity index is 1.64. The van der Waals surface area contributed by atoms with Gasteiger partial charge in [-0.15, -0.1) is 11.8 Å². The molecule has 128 valence electrons. The predicted octanol–water partition coefficient (Wildman–Crippen LogP) is 3.42. The van der Waals surface area contributed by atoms with Crippen LogP contribution in [0.1, 0.15) is 24.5 Å². The molecule has 2 aromatic rings. The first-order valence-corrected chi connectivity index (χ1v) is 9.35. The highest BCUT2D eigenvalue weighted by Crippen LogP contribution is 2.14. The van der Waals surface area contributed by atoms with E-state index in [0.29, 0.717) is 12.2 Å². The van der Waals surface area contributed by atoms with Gasteiger partial charge in [0.05, 0.1) is 11.4 Å². The molecule has 2 aromatic carbocycles. The van der Waals surface area contributed by atoms with Crippen LogP contribution in [0.15, 0.2) is 60.7 Å². The SMILES string of the molecule is CC(O)(CCc1ccccc1)CNC(=O)CSCc1ccccc1. The maximum absolute atomic E-state index is 11.9. The van der Waals surface area contributed by atoms with E-state index in [0.717, 1.165) is 12.2 Å². The van der Waals surface area contributed by atoms with Crippen LogP contribution in [0.3, 0.4) is 0 Å². The number of hydrogen-bond acceptors (Lipinski definition) is 3. The molecule has 0 bridgehead atoms. The molecule has 0 saturated heterocycles. The van der Waals surface area contributed by atoms with Gasteiger partial charge in [-0.2, -0.15) is 0 Å². The molecule has 1 amide bonds. The lowest BCUT2D eigenvalue weighted by atomic mass is 9.97. The van der Waals surface area contributed by atoms with E-state index in [-0.39, 0.29) is 12.5 Å². The maximum Gasteiger partial charge on any atom is 0.230 e. The van der Waals surface area contributed by atoms with Crippen LogP contribution in [0.5, 0.6) is 0 Å². The largest absolute Gasteiger partial charge is 0.388 e. The van der Waals surface area contributed by atoms with Crippen molar-refractivity contribution in [3.63, 3.8) is 0 Å². The van der Waals surface area contributed by atoms with Crippen LogP contribution < -0.4 is 5.32 Å². The number of rotatable bonds is 9. The maximum atomic E-state index is 11.9. The molecule has 0 fully saturated rings. The van der Waals surface area contributed by atoms with Crippen molar-refractivity contribution in [3.05, 3.63) is 71.8 Å². The highest BCUT2D eigenvalue weighted by molar-refractivity contribution is 7.99. The molecule has 24 heavy (non-hydrogen) atoms. The molecule has 0 saturated carbocycles. The minimum atomic E-state index is -0.893. The normalized spacial score (nSPS) is 13.2. The number of nitrogens with one attached hydrogen (secondary N) is 1. The molecular weight excluding hydrogens is 318 g/mol. The molecule has 4 heteroatoms. The Morgan fingerprint density at radius 2 is 1.62 bits per heavy atom. The van der Waals surface area contributed by atoms with Crippen molar-refractivity contribution in [1.82, 2.24) is 5.32 Å². The molecule has 0 aliphatic heterocycles. The van der Waals surface area contributed by atoms with E-state index in [4.69, 9.17) is 0 Å². The summed E-state index contributed by atoms with van der Waals surface area (Å²) in [6, 6.07) is 20.2. The van der Waals surface area contributed by atoms with Crippen LogP contribution in [0.4, 0.5) is 0 Å². The molecule has 0 aliphatic rings. The van der Waals surface area contributed by atoms with E-state index in [1.807, 2.05) is 36.4 Å². The quantitative estimate of drug-likeness (QED) is 0.733. The van der Waals surface area contributed by atoms with Gasteiger partial charge in [-0.25, -0.2) is 0 Å². The van der Waals surface area contributed by atoms with Crippen molar-refractivity contribution in [2.75, 3.05) is 12.3 Å². The van der Waals surface area contributed by atoms with Crippen LogP contribution >= 0.6 is 11.8 Å². The second kappa shape index (κ2) is 9.50. The van der Waals surface area contributed by atoms with Crippen molar-refractivity contribution in [2.24, 2.45) is 0 Å².